The van der Waals surface area contributed by atoms with Gasteiger partial charge in [-0.25, -0.2) is 4.98 Å². The largest absolute Gasteiger partial charge is 0.388 e. The fourth-order valence-corrected chi connectivity index (χ4v) is 4.98. The number of amidine groups is 1. The van der Waals surface area contributed by atoms with E-state index in [1.807, 2.05) is 32.1 Å². The molecule has 1 aromatic rings. The minimum Gasteiger partial charge on any atom is -0.388 e. The number of hydrogen-bond donors (Lipinski definition) is 3. The zero-order valence-corrected chi connectivity index (χ0v) is 27.6. The molecule has 6 heteroatoms. The Balaban J connectivity index is 2.07. The molecular formula is C37H56N6. The molecule has 0 bridgehead atoms. The number of rotatable bonds is 19. The maximum atomic E-state index is 5.13. The van der Waals surface area contributed by atoms with E-state index in [2.05, 4.69) is 86.1 Å². The molecule has 0 fully saturated rings. The number of aliphatic imine (C=N–C) groups is 1. The van der Waals surface area contributed by atoms with Crippen molar-refractivity contribution in [2.24, 2.45) is 4.99 Å². The minimum atomic E-state index is -0.0109. The summed E-state index contributed by atoms with van der Waals surface area (Å²) >= 11 is 0. The zero-order valence-electron chi connectivity index (χ0n) is 27.6. The molecule has 0 amide bonds. The molecule has 234 valence electrons. The molecule has 3 N–H and O–H groups in total. The van der Waals surface area contributed by atoms with Crippen LogP contribution in [0.25, 0.3) is 0 Å². The van der Waals surface area contributed by atoms with Gasteiger partial charge in [0.2, 0.25) is 0 Å². The Kier molecular flexibility index (Phi) is 16.1. The first kappa shape index (κ1) is 35.6. The van der Waals surface area contributed by atoms with E-state index in [0.717, 1.165) is 105 Å². The van der Waals surface area contributed by atoms with Gasteiger partial charge < -0.3 is 20.9 Å². The molecule has 0 radical (unpaired) electrons. The number of pyridine rings is 1. The molecule has 0 aliphatic carbocycles. The van der Waals surface area contributed by atoms with Gasteiger partial charge in [-0.2, -0.15) is 0 Å². The van der Waals surface area contributed by atoms with Gasteiger partial charge in [-0.1, -0.05) is 67.8 Å². The summed E-state index contributed by atoms with van der Waals surface area (Å²) in [5.41, 5.74) is 7.49. The van der Waals surface area contributed by atoms with E-state index < -0.39 is 0 Å². The summed E-state index contributed by atoms with van der Waals surface area (Å²) in [5, 5.41) is 10.3. The summed E-state index contributed by atoms with van der Waals surface area (Å²) in [6.07, 6.45) is 16.2. The number of fused-ring (bicyclic) bond motifs is 1. The summed E-state index contributed by atoms with van der Waals surface area (Å²) in [6, 6.07) is 4.45. The second-order valence-electron chi connectivity index (χ2n) is 11.7. The van der Waals surface area contributed by atoms with Crippen LogP contribution in [0.1, 0.15) is 71.6 Å². The lowest BCUT2D eigenvalue weighted by molar-refractivity contribution is 0.263. The maximum Gasteiger partial charge on any atom is 0.129 e. The number of nitrogens with one attached hydrogen (secondary N) is 3. The van der Waals surface area contributed by atoms with E-state index in [9.17, 15) is 0 Å². The molecule has 0 spiro atoms. The number of aryl methyl sites for hydroxylation is 2. The van der Waals surface area contributed by atoms with Crippen LogP contribution in [0.4, 0.5) is 5.82 Å². The summed E-state index contributed by atoms with van der Waals surface area (Å²) < 4.78 is 0. The lowest BCUT2D eigenvalue weighted by Gasteiger charge is -2.25. The summed E-state index contributed by atoms with van der Waals surface area (Å²) in [5.74, 6) is 1.88. The molecule has 6 nitrogen and oxygen atoms in total. The van der Waals surface area contributed by atoms with E-state index in [4.69, 9.17) is 9.98 Å². The summed E-state index contributed by atoms with van der Waals surface area (Å²) in [4.78, 5) is 12.5. The van der Waals surface area contributed by atoms with E-state index >= 15 is 0 Å². The predicted octanol–water partition coefficient (Wildman–Crippen LogP) is 7.68. The molecule has 2 heterocycles. The van der Waals surface area contributed by atoms with Crippen LogP contribution in [0.2, 0.25) is 0 Å². The van der Waals surface area contributed by atoms with E-state index in [1.54, 1.807) is 6.08 Å². The van der Waals surface area contributed by atoms with Crippen LogP contribution in [0, 0.1) is 0 Å². The molecule has 0 saturated carbocycles. The van der Waals surface area contributed by atoms with Crippen LogP contribution in [0.15, 0.2) is 102 Å². The summed E-state index contributed by atoms with van der Waals surface area (Å²) in [6.45, 7) is 31.4. The standard InChI is InChI=1S/C37H56N6/c1-10-15-32(16-11-2)31(9)40-36(27-28(3)4)42-35(29(5)6)21-25-43(26-23-38-30(7)8)24-13-12-18-34-20-19-33-17-14-22-39-37(33)41-34/h10-11,15-16,19-20,27,35,38H,1,5,7,9,12-14,17-18,21-26H2,2-4,6,8H3,(H,39,41)(H,40,42)/b16-11-,32-15+. The van der Waals surface area contributed by atoms with Crippen molar-refractivity contribution in [1.82, 2.24) is 20.5 Å². The lowest BCUT2D eigenvalue weighted by atomic mass is 10.1. The van der Waals surface area contributed by atoms with Crippen LogP contribution in [-0.4, -0.2) is 54.5 Å². The van der Waals surface area contributed by atoms with Crippen molar-refractivity contribution in [2.45, 2.75) is 79.2 Å². The third-order valence-electron chi connectivity index (χ3n) is 7.24. The lowest BCUT2D eigenvalue weighted by Crippen LogP contribution is -2.35. The first-order valence-electron chi connectivity index (χ1n) is 15.8. The van der Waals surface area contributed by atoms with E-state index in [0.29, 0.717) is 0 Å². The summed E-state index contributed by atoms with van der Waals surface area (Å²) in [7, 11) is 0. The highest BCUT2D eigenvalue weighted by molar-refractivity contribution is 5.95. The monoisotopic (exact) mass is 584 g/mol. The normalized spacial score (nSPS) is 14.1. The molecule has 1 aliphatic rings. The fourth-order valence-electron chi connectivity index (χ4n) is 4.98. The molecule has 43 heavy (non-hydrogen) atoms. The molecule has 1 unspecified atom stereocenters. The Morgan fingerprint density at radius 1 is 1.12 bits per heavy atom. The number of allylic oxidation sites excluding steroid dienone is 6. The van der Waals surface area contributed by atoms with Crippen LogP contribution < -0.4 is 16.0 Å². The van der Waals surface area contributed by atoms with Gasteiger partial charge in [-0.3, -0.25) is 4.99 Å². The Bertz CT molecular complexity index is 1210. The van der Waals surface area contributed by atoms with Crippen molar-refractivity contribution >= 4 is 11.7 Å². The average Bonchev–Trinajstić information content (AvgIpc) is 2.95. The van der Waals surface area contributed by atoms with Gasteiger partial charge in [0.05, 0.1) is 6.04 Å². The first-order chi connectivity index (χ1) is 20.6. The van der Waals surface area contributed by atoms with Crippen molar-refractivity contribution in [3.63, 3.8) is 0 Å². The molecule has 1 aromatic heterocycles. The van der Waals surface area contributed by atoms with Gasteiger partial charge in [-0.05, 0) is 103 Å². The first-order valence-corrected chi connectivity index (χ1v) is 15.8. The van der Waals surface area contributed by atoms with Crippen LogP contribution in [0.5, 0.6) is 0 Å². The number of nitrogens with zero attached hydrogens (tertiary/aromatic N) is 3. The van der Waals surface area contributed by atoms with Gasteiger partial charge in [-0.15, -0.1) is 0 Å². The van der Waals surface area contributed by atoms with Crippen LogP contribution in [-0.2, 0) is 12.8 Å². The van der Waals surface area contributed by atoms with Crippen molar-refractivity contribution in [3.05, 3.63) is 108 Å². The molecular weight excluding hydrogens is 528 g/mol. The highest BCUT2D eigenvalue weighted by Gasteiger charge is 2.14. The minimum absolute atomic E-state index is 0.0109. The number of unbranched alkanes of at least 4 members (excludes halogenated alkanes) is 1. The third kappa shape index (κ3) is 13.9. The third-order valence-corrected chi connectivity index (χ3v) is 7.24. The smallest absolute Gasteiger partial charge is 0.129 e. The van der Waals surface area contributed by atoms with Gasteiger partial charge >= 0.3 is 0 Å². The van der Waals surface area contributed by atoms with Crippen LogP contribution >= 0.6 is 0 Å². The molecule has 0 saturated heterocycles. The van der Waals surface area contributed by atoms with Crippen molar-refractivity contribution in [2.75, 3.05) is 38.0 Å². The Hall–Kier alpha value is -3.64. The quantitative estimate of drug-likeness (QED) is 0.0512. The molecule has 1 atom stereocenters. The van der Waals surface area contributed by atoms with E-state index in [1.165, 1.54) is 17.7 Å². The van der Waals surface area contributed by atoms with Gasteiger partial charge in [0.15, 0.2) is 0 Å². The average molecular weight is 585 g/mol. The Labute approximate surface area is 262 Å². The SMILES string of the molecule is C=C/C=C(\C=C/C)C(=C)NC(C=C(C)C)=NC(CCN(CCCCc1ccc2c(n1)NCCC2)CCNC(=C)C)C(=C)C. The second-order valence-corrected chi connectivity index (χ2v) is 11.7. The highest BCUT2D eigenvalue weighted by Crippen LogP contribution is 2.20. The number of anilines is 1. The molecule has 0 aromatic carbocycles. The van der Waals surface area contributed by atoms with Crippen molar-refractivity contribution < 1.29 is 0 Å². The molecule has 2 rings (SSSR count). The molecule has 1 aliphatic heterocycles. The van der Waals surface area contributed by atoms with Crippen molar-refractivity contribution in [3.8, 4) is 0 Å². The topological polar surface area (TPSA) is 64.6 Å². The van der Waals surface area contributed by atoms with Gasteiger partial charge in [0, 0.05) is 43.3 Å². The highest BCUT2D eigenvalue weighted by atomic mass is 15.1. The fraction of sp³-hybridized carbons (Fsp3) is 0.459. The van der Waals surface area contributed by atoms with Gasteiger partial charge in [0.25, 0.3) is 0 Å². The van der Waals surface area contributed by atoms with Crippen LogP contribution in [0.3, 0.4) is 0 Å². The Morgan fingerprint density at radius 2 is 1.91 bits per heavy atom. The van der Waals surface area contributed by atoms with E-state index in [-0.39, 0.29) is 6.04 Å². The number of hydrogen-bond acceptors (Lipinski definition) is 5. The maximum absolute atomic E-state index is 5.13. The van der Waals surface area contributed by atoms with Gasteiger partial charge in [0.1, 0.15) is 11.7 Å². The van der Waals surface area contributed by atoms with Crippen molar-refractivity contribution in [1.29, 1.82) is 0 Å². The second kappa shape index (κ2) is 19.5. The predicted molar refractivity (Wildman–Crippen MR) is 189 cm³/mol. The number of aromatic nitrogens is 1. The Morgan fingerprint density at radius 3 is 2.58 bits per heavy atom. The zero-order chi connectivity index (χ0) is 31.6.